The van der Waals surface area contributed by atoms with Crippen LogP contribution in [-0.2, 0) is 25.6 Å². The van der Waals surface area contributed by atoms with Crippen LogP contribution in [0.1, 0.15) is 25.3 Å². The number of carbonyl (C=O) groups is 2. The highest BCUT2D eigenvalue weighted by Gasteiger charge is 2.43. The van der Waals surface area contributed by atoms with Crippen LogP contribution in [-0.4, -0.2) is 77.6 Å². The Kier molecular flexibility index (Phi) is 8.56. The highest BCUT2D eigenvalue weighted by atomic mass is 19.4. The molecule has 2 aliphatic heterocycles. The lowest BCUT2D eigenvalue weighted by atomic mass is 10.00. The molecule has 2 N–H and O–H groups in total. The molecule has 11 heteroatoms. The fourth-order valence-corrected chi connectivity index (χ4v) is 3.31. The zero-order valence-corrected chi connectivity index (χ0v) is 16.7. The van der Waals surface area contributed by atoms with Crippen molar-refractivity contribution in [1.29, 1.82) is 0 Å². The summed E-state index contributed by atoms with van der Waals surface area (Å²) >= 11 is 0. The van der Waals surface area contributed by atoms with E-state index in [0.717, 1.165) is 25.9 Å². The van der Waals surface area contributed by atoms with Crippen molar-refractivity contribution in [2.24, 2.45) is 0 Å². The standard InChI is InChI=1S/C17H25N3O3.C2HF3O2/c1-14(21)20-8-9-22-13-17(12-20)5-2-16(23-17)11-19-10-15-3-6-18-7-4-15;3-2(4,5)1(6)7/h3-4,6-7,16,19H,2,5,8-13H2,1H3;(H,6,7). The molecular weight excluding hydrogens is 407 g/mol. The Labute approximate surface area is 172 Å². The fraction of sp³-hybridized carbons (Fsp3) is 0.632. The smallest absolute Gasteiger partial charge is 0.475 e. The van der Waals surface area contributed by atoms with Gasteiger partial charge in [0.05, 0.1) is 25.9 Å². The van der Waals surface area contributed by atoms with E-state index in [-0.39, 0.29) is 17.6 Å². The number of carboxylic acid groups (broad SMARTS) is 1. The monoisotopic (exact) mass is 433 g/mol. The number of amides is 1. The molecule has 0 saturated carbocycles. The molecule has 1 aromatic heterocycles. The number of carboxylic acids is 1. The highest BCUT2D eigenvalue weighted by molar-refractivity contribution is 5.73. The van der Waals surface area contributed by atoms with E-state index in [1.165, 1.54) is 5.56 Å². The third kappa shape index (κ3) is 7.54. The van der Waals surface area contributed by atoms with E-state index in [1.807, 2.05) is 17.0 Å². The predicted molar refractivity (Wildman–Crippen MR) is 99.5 cm³/mol. The first-order chi connectivity index (χ1) is 14.1. The van der Waals surface area contributed by atoms with Gasteiger partial charge >= 0.3 is 12.1 Å². The second-order valence-corrected chi connectivity index (χ2v) is 7.24. The van der Waals surface area contributed by atoms with Crippen molar-refractivity contribution in [2.75, 3.05) is 32.8 Å². The highest BCUT2D eigenvalue weighted by Crippen LogP contribution is 2.32. The molecule has 3 rings (SSSR count). The van der Waals surface area contributed by atoms with Gasteiger partial charge in [-0.15, -0.1) is 0 Å². The quantitative estimate of drug-likeness (QED) is 0.744. The zero-order chi connectivity index (χ0) is 22.2. The van der Waals surface area contributed by atoms with Gasteiger partial charge in [0.2, 0.25) is 5.91 Å². The molecular formula is C19H26F3N3O5. The van der Waals surface area contributed by atoms with E-state index in [2.05, 4.69) is 10.3 Å². The number of nitrogens with zero attached hydrogens (tertiary/aromatic N) is 2. The second kappa shape index (κ2) is 10.7. The van der Waals surface area contributed by atoms with Crippen molar-refractivity contribution in [1.82, 2.24) is 15.2 Å². The summed E-state index contributed by atoms with van der Waals surface area (Å²) in [5, 5.41) is 10.6. The molecule has 1 amide bonds. The Balaban J connectivity index is 0.000000396. The first-order valence-corrected chi connectivity index (χ1v) is 9.52. The van der Waals surface area contributed by atoms with Crippen molar-refractivity contribution in [3.63, 3.8) is 0 Å². The largest absolute Gasteiger partial charge is 0.490 e. The van der Waals surface area contributed by atoms with Crippen molar-refractivity contribution in [3.05, 3.63) is 30.1 Å². The molecule has 0 radical (unpaired) electrons. The fourth-order valence-electron chi connectivity index (χ4n) is 3.31. The summed E-state index contributed by atoms with van der Waals surface area (Å²) < 4.78 is 43.7. The molecule has 0 bridgehead atoms. The lowest BCUT2D eigenvalue weighted by molar-refractivity contribution is -0.192. The van der Waals surface area contributed by atoms with Gasteiger partial charge in [-0.3, -0.25) is 9.78 Å². The van der Waals surface area contributed by atoms with Crippen LogP contribution in [0.4, 0.5) is 13.2 Å². The molecule has 2 unspecified atom stereocenters. The maximum Gasteiger partial charge on any atom is 0.490 e. The molecule has 3 heterocycles. The van der Waals surface area contributed by atoms with Gasteiger partial charge in [-0.25, -0.2) is 4.79 Å². The Hall–Kier alpha value is -2.24. The van der Waals surface area contributed by atoms with Gasteiger partial charge in [-0.1, -0.05) is 0 Å². The third-order valence-electron chi connectivity index (χ3n) is 4.83. The van der Waals surface area contributed by atoms with Gasteiger partial charge in [0.1, 0.15) is 5.60 Å². The number of hydrogen-bond acceptors (Lipinski definition) is 6. The molecule has 30 heavy (non-hydrogen) atoms. The van der Waals surface area contributed by atoms with Crippen LogP contribution >= 0.6 is 0 Å². The lowest BCUT2D eigenvalue weighted by Crippen LogP contribution is -2.46. The Morgan fingerprint density at radius 1 is 1.37 bits per heavy atom. The lowest BCUT2D eigenvalue weighted by Gasteiger charge is -2.31. The molecule has 1 aromatic rings. The van der Waals surface area contributed by atoms with Gasteiger partial charge in [-0.2, -0.15) is 13.2 Å². The maximum atomic E-state index is 11.7. The van der Waals surface area contributed by atoms with Gasteiger partial charge < -0.3 is 24.8 Å². The van der Waals surface area contributed by atoms with Crippen LogP contribution in [0.15, 0.2) is 24.5 Å². The average molecular weight is 433 g/mol. The van der Waals surface area contributed by atoms with Gasteiger partial charge in [0.25, 0.3) is 0 Å². The molecule has 2 saturated heterocycles. The topological polar surface area (TPSA) is 101 Å². The normalized spacial score (nSPS) is 24.1. The molecule has 2 fully saturated rings. The van der Waals surface area contributed by atoms with Crippen molar-refractivity contribution < 1.29 is 37.3 Å². The SMILES string of the molecule is CC(=O)N1CCOCC2(CCC(CNCc3ccncc3)O2)C1.O=C(O)C(F)(F)F. The Morgan fingerprint density at radius 2 is 2.03 bits per heavy atom. The number of halogens is 3. The van der Waals surface area contributed by atoms with E-state index in [9.17, 15) is 18.0 Å². The number of nitrogens with one attached hydrogen (secondary N) is 1. The van der Waals surface area contributed by atoms with Crippen LogP contribution in [0.5, 0.6) is 0 Å². The summed E-state index contributed by atoms with van der Waals surface area (Å²) in [6, 6.07) is 4.02. The second-order valence-electron chi connectivity index (χ2n) is 7.24. The zero-order valence-electron chi connectivity index (χ0n) is 16.7. The Morgan fingerprint density at radius 3 is 2.63 bits per heavy atom. The van der Waals surface area contributed by atoms with Crippen molar-refractivity contribution in [3.8, 4) is 0 Å². The molecule has 168 valence electrons. The van der Waals surface area contributed by atoms with Crippen LogP contribution in [0.2, 0.25) is 0 Å². The van der Waals surface area contributed by atoms with E-state index >= 15 is 0 Å². The third-order valence-corrected chi connectivity index (χ3v) is 4.83. The van der Waals surface area contributed by atoms with Crippen LogP contribution in [0.3, 0.4) is 0 Å². The molecule has 2 aliphatic rings. The molecule has 0 aliphatic carbocycles. The summed E-state index contributed by atoms with van der Waals surface area (Å²) in [7, 11) is 0. The number of aromatic nitrogens is 1. The van der Waals surface area contributed by atoms with E-state index in [1.54, 1.807) is 19.3 Å². The first-order valence-electron chi connectivity index (χ1n) is 9.52. The summed E-state index contributed by atoms with van der Waals surface area (Å²) in [4.78, 5) is 26.5. The number of ether oxygens (including phenoxy) is 2. The van der Waals surface area contributed by atoms with Crippen LogP contribution in [0.25, 0.3) is 0 Å². The summed E-state index contributed by atoms with van der Waals surface area (Å²) in [6.07, 6.45) is 0.637. The van der Waals surface area contributed by atoms with E-state index in [0.29, 0.717) is 26.3 Å². The predicted octanol–water partition coefficient (Wildman–Crippen LogP) is 1.60. The summed E-state index contributed by atoms with van der Waals surface area (Å²) in [5.74, 6) is -2.66. The minimum absolute atomic E-state index is 0.0951. The maximum absolute atomic E-state index is 11.7. The molecule has 2 atom stereocenters. The number of hydrogen-bond donors (Lipinski definition) is 2. The number of pyridine rings is 1. The minimum atomic E-state index is -5.08. The van der Waals surface area contributed by atoms with Crippen LogP contribution in [0, 0.1) is 0 Å². The van der Waals surface area contributed by atoms with Gasteiger partial charge in [0.15, 0.2) is 0 Å². The summed E-state index contributed by atoms with van der Waals surface area (Å²) in [5.41, 5.74) is 0.888. The van der Waals surface area contributed by atoms with E-state index in [4.69, 9.17) is 19.4 Å². The van der Waals surface area contributed by atoms with E-state index < -0.39 is 12.1 Å². The Bertz CT molecular complexity index is 704. The van der Waals surface area contributed by atoms with Gasteiger partial charge in [-0.05, 0) is 30.5 Å². The van der Waals surface area contributed by atoms with Crippen LogP contribution < -0.4 is 5.32 Å². The number of rotatable bonds is 4. The first kappa shape index (κ1) is 24.0. The van der Waals surface area contributed by atoms with Crippen molar-refractivity contribution in [2.45, 2.75) is 44.2 Å². The van der Waals surface area contributed by atoms with Crippen molar-refractivity contribution >= 4 is 11.9 Å². The van der Waals surface area contributed by atoms with Gasteiger partial charge in [0, 0.05) is 39.0 Å². The molecule has 8 nitrogen and oxygen atoms in total. The number of alkyl halides is 3. The molecule has 1 spiro atoms. The average Bonchev–Trinajstić information content (AvgIpc) is 2.94. The number of aliphatic carboxylic acids is 1. The minimum Gasteiger partial charge on any atom is -0.475 e. The summed E-state index contributed by atoms with van der Waals surface area (Å²) in [6.45, 7) is 5.71. The molecule has 0 aromatic carbocycles. The number of carbonyl (C=O) groups excluding carboxylic acids is 1.